The van der Waals surface area contributed by atoms with E-state index in [2.05, 4.69) is 6.58 Å². The van der Waals surface area contributed by atoms with Crippen molar-refractivity contribution in [3.8, 4) is 0 Å². The summed E-state index contributed by atoms with van der Waals surface area (Å²) in [6.45, 7) is 5.04. The van der Waals surface area contributed by atoms with Gasteiger partial charge in [0.05, 0.1) is 0 Å². The molecule has 0 radical (unpaired) electrons. The van der Waals surface area contributed by atoms with Crippen LogP contribution in [0.2, 0.25) is 5.02 Å². The van der Waals surface area contributed by atoms with Crippen molar-refractivity contribution >= 4 is 28.2 Å². The highest BCUT2D eigenvalue weighted by atomic mass is 35.5. The number of hydrogen-bond donors (Lipinski definition) is 0. The van der Waals surface area contributed by atoms with Crippen LogP contribution < -0.4 is 0 Å². The minimum absolute atomic E-state index is 0.187. The van der Waals surface area contributed by atoms with Crippen LogP contribution in [0.3, 0.4) is 0 Å². The summed E-state index contributed by atoms with van der Waals surface area (Å²) in [6, 6.07) is 3.11. The maximum absolute atomic E-state index is 13.3. The number of hydrogen-bond acceptors (Lipinski definition) is 0. The lowest BCUT2D eigenvalue weighted by atomic mass is 10.1. The monoisotopic (exact) mass is 204 g/mol. The molecule has 0 aliphatic rings. The van der Waals surface area contributed by atoms with E-state index in [0.717, 1.165) is 0 Å². The molecule has 0 nitrogen and oxygen atoms in total. The fraction of sp³-hybridized carbons (Fsp3) is 0.111. The predicted octanol–water partition coefficient (Wildman–Crippen LogP) is 4.00. The summed E-state index contributed by atoms with van der Waals surface area (Å²) in [7, 11) is 0. The van der Waals surface area contributed by atoms with Crippen molar-refractivity contribution in [3.05, 3.63) is 40.7 Å². The van der Waals surface area contributed by atoms with Gasteiger partial charge in [0.25, 0.3) is 0 Å². The minimum atomic E-state index is -0.400. The molecular formula is C9H7Cl2F. The summed E-state index contributed by atoms with van der Waals surface area (Å²) >= 11 is 11.2. The van der Waals surface area contributed by atoms with Crippen molar-refractivity contribution in [2.24, 2.45) is 0 Å². The second-order valence-corrected chi connectivity index (χ2v) is 3.30. The number of rotatable bonds is 1. The zero-order valence-electron chi connectivity index (χ0n) is 6.50. The second kappa shape index (κ2) is 3.46. The van der Waals surface area contributed by atoms with Gasteiger partial charge in [-0.1, -0.05) is 29.8 Å². The third kappa shape index (κ3) is 1.62. The topological polar surface area (TPSA) is 0 Å². The molecule has 0 atom stereocenters. The van der Waals surface area contributed by atoms with Crippen molar-refractivity contribution in [2.75, 3.05) is 0 Å². The normalized spacial score (nSPS) is 10.0. The van der Waals surface area contributed by atoms with Crippen LogP contribution in [0.15, 0.2) is 18.7 Å². The molecule has 0 spiro atoms. The quantitative estimate of drug-likeness (QED) is 0.649. The second-order valence-electron chi connectivity index (χ2n) is 2.44. The fourth-order valence-corrected chi connectivity index (χ4v) is 1.16. The first-order valence-electron chi connectivity index (χ1n) is 3.33. The highest BCUT2D eigenvalue weighted by Gasteiger charge is 2.09. The van der Waals surface area contributed by atoms with Gasteiger partial charge in [-0.05, 0) is 19.1 Å². The average Bonchev–Trinajstić information content (AvgIpc) is 2.00. The highest BCUT2D eigenvalue weighted by molar-refractivity contribution is 6.48. The van der Waals surface area contributed by atoms with Crippen molar-refractivity contribution in [1.82, 2.24) is 0 Å². The van der Waals surface area contributed by atoms with Gasteiger partial charge in [0.1, 0.15) is 5.82 Å². The Morgan fingerprint density at radius 1 is 1.50 bits per heavy atom. The Kier molecular flexibility index (Phi) is 2.76. The average molecular weight is 205 g/mol. The molecule has 0 fully saturated rings. The van der Waals surface area contributed by atoms with Gasteiger partial charge >= 0.3 is 0 Å². The lowest BCUT2D eigenvalue weighted by Crippen LogP contribution is -1.89. The first kappa shape index (κ1) is 9.56. The zero-order chi connectivity index (χ0) is 9.30. The van der Waals surface area contributed by atoms with E-state index in [0.29, 0.717) is 16.1 Å². The molecule has 0 aromatic heterocycles. The molecule has 64 valence electrons. The third-order valence-corrected chi connectivity index (χ3v) is 2.23. The van der Waals surface area contributed by atoms with Gasteiger partial charge in [0, 0.05) is 21.2 Å². The van der Waals surface area contributed by atoms with Gasteiger partial charge in [-0.15, -0.1) is 0 Å². The van der Waals surface area contributed by atoms with Crippen molar-refractivity contribution < 1.29 is 4.39 Å². The van der Waals surface area contributed by atoms with Crippen LogP contribution in [0.5, 0.6) is 0 Å². The molecule has 0 amide bonds. The Morgan fingerprint density at radius 3 is 2.58 bits per heavy atom. The van der Waals surface area contributed by atoms with E-state index in [1.807, 2.05) is 0 Å². The van der Waals surface area contributed by atoms with Crippen LogP contribution in [0.1, 0.15) is 11.1 Å². The van der Waals surface area contributed by atoms with Gasteiger partial charge in [-0.2, -0.15) is 0 Å². The molecule has 1 aromatic carbocycles. The first-order chi connectivity index (χ1) is 5.54. The van der Waals surface area contributed by atoms with E-state index in [1.54, 1.807) is 13.0 Å². The van der Waals surface area contributed by atoms with E-state index in [-0.39, 0.29) is 5.03 Å². The molecule has 0 N–H and O–H groups in total. The molecule has 12 heavy (non-hydrogen) atoms. The summed E-state index contributed by atoms with van der Waals surface area (Å²) < 4.78 is 13.3. The molecule has 1 rings (SSSR count). The van der Waals surface area contributed by atoms with E-state index >= 15 is 0 Å². The molecular weight excluding hydrogens is 198 g/mol. The van der Waals surface area contributed by atoms with E-state index in [9.17, 15) is 4.39 Å². The molecule has 0 heterocycles. The van der Waals surface area contributed by atoms with Crippen LogP contribution in [0.4, 0.5) is 4.39 Å². The van der Waals surface area contributed by atoms with Crippen LogP contribution in [-0.4, -0.2) is 0 Å². The largest absolute Gasteiger partial charge is 0.206 e. The Balaban J connectivity index is 3.36. The summed E-state index contributed by atoms with van der Waals surface area (Å²) in [4.78, 5) is 0. The van der Waals surface area contributed by atoms with Gasteiger partial charge in [0.15, 0.2) is 0 Å². The molecule has 0 unspecified atom stereocenters. The van der Waals surface area contributed by atoms with Crippen LogP contribution in [0.25, 0.3) is 5.03 Å². The molecule has 0 saturated heterocycles. The maximum Gasteiger partial charge on any atom is 0.136 e. The summed E-state index contributed by atoms with van der Waals surface area (Å²) in [6.07, 6.45) is 0. The highest BCUT2D eigenvalue weighted by Crippen LogP contribution is 2.26. The zero-order valence-corrected chi connectivity index (χ0v) is 8.01. The molecule has 0 bridgehead atoms. The molecule has 0 aliphatic carbocycles. The fourth-order valence-electron chi connectivity index (χ4n) is 0.871. The van der Waals surface area contributed by atoms with Crippen LogP contribution in [-0.2, 0) is 0 Å². The Hall–Kier alpha value is -0.530. The predicted molar refractivity (Wildman–Crippen MR) is 51.0 cm³/mol. The molecule has 0 aliphatic heterocycles. The van der Waals surface area contributed by atoms with Gasteiger partial charge in [-0.3, -0.25) is 0 Å². The Bertz CT molecular complexity index is 332. The standard InChI is InChI=1S/C9H7Cl2F/c1-5-8(11)4-3-7(6(2)10)9(5)12/h3-4H,2H2,1H3. The van der Waals surface area contributed by atoms with Gasteiger partial charge < -0.3 is 0 Å². The van der Waals surface area contributed by atoms with E-state index < -0.39 is 5.82 Å². The Labute approximate surface area is 80.6 Å². The van der Waals surface area contributed by atoms with E-state index in [1.165, 1.54) is 6.07 Å². The van der Waals surface area contributed by atoms with Gasteiger partial charge in [0.2, 0.25) is 0 Å². The first-order valence-corrected chi connectivity index (χ1v) is 4.09. The molecule has 3 heteroatoms. The SMILES string of the molecule is C=C(Cl)c1ccc(Cl)c(C)c1F. The van der Waals surface area contributed by atoms with E-state index in [4.69, 9.17) is 23.2 Å². The number of benzene rings is 1. The molecule has 0 saturated carbocycles. The third-order valence-electron chi connectivity index (χ3n) is 1.61. The van der Waals surface area contributed by atoms with Gasteiger partial charge in [-0.25, -0.2) is 4.39 Å². The number of halogens is 3. The summed E-state index contributed by atoms with van der Waals surface area (Å²) in [5.74, 6) is -0.400. The van der Waals surface area contributed by atoms with Crippen LogP contribution >= 0.6 is 23.2 Å². The lowest BCUT2D eigenvalue weighted by Gasteiger charge is -2.04. The van der Waals surface area contributed by atoms with Crippen LogP contribution in [0, 0.1) is 12.7 Å². The summed E-state index contributed by atoms with van der Waals surface area (Å²) in [5, 5.41) is 0.585. The lowest BCUT2D eigenvalue weighted by molar-refractivity contribution is 0.615. The van der Waals surface area contributed by atoms with Crippen molar-refractivity contribution in [3.63, 3.8) is 0 Å². The minimum Gasteiger partial charge on any atom is -0.206 e. The van der Waals surface area contributed by atoms with Crippen molar-refractivity contribution in [1.29, 1.82) is 0 Å². The Morgan fingerprint density at radius 2 is 2.08 bits per heavy atom. The smallest absolute Gasteiger partial charge is 0.136 e. The maximum atomic E-state index is 13.3. The summed E-state index contributed by atoms with van der Waals surface area (Å²) in [5.41, 5.74) is 0.703. The molecule has 1 aromatic rings. The van der Waals surface area contributed by atoms with Crippen molar-refractivity contribution in [2.45, 2.75) is 6.92 Å².